The van der Waals surface area contributed by atoms with Crippen molar-refractivity contribution in [2.45, 2.75) is 19.8 Å². The van der Waals surface area contributed by atoms with E-state index in [1.165, 1.54) is 6.07 Å². The Kier molecular flexibility index (Phi) is 6.07. The van der Waals surface area contributed by atoms with E-state index in [0.717, 1.165) is 17.3 Å². The molecule has 5 nitrogen and oxygen atoms in total. The molecule has 6 heteroatoms. The van der Waals surface area contributed by atoms with Crippen LogP contribution in [0.3, 0.4) is 0 Å². The average molecular weight is 317 g/mol. The van der Waals surface area contributed by atoms with E-state index in [0.29, 0.717) is 18.2 Å². The van der Waals surface area contributed by atoms with E-state index in [1.54, 1.807) is 12.1 Å². The molecular weight excluding hydrogens is 300 g/mol. The van der Waals surface area contributed by atoms with Crippen LogP contribution in [0.1, 0.15) is 19.8 Å². The van der Waals surface area contributed by atoms with Crippen molar-refractivity contribution in [1.82, 2.24) is 0 Å². The smallest absolute Gasteiger partial charge is 0.292 e. The molecule has 18 heavy (non-hydrogen) atoms. The van der Waals surface area contributed by atoms with Gasteiger partial charge >= 0.3 is 0 Å². The van der Waals surface area contributed by atoms with Crippen molar-refractivity contribution in [3.8, 4) is 0 Å². The Morgan fingerprint density at radius 2 is 2.28 bits per heavy atom. The number of halogens is 1. The van der Waals surface area contributed by atoms with Crippen LogP contribution in [0, 0.1) is 16.0 Å². The molecule has 1 aromatic rings. The summed E-state index contributed by atoms with van der Waals surface area (Å²) in [6.45, 7) is 2.88. The summed E-state index contributed by atoms with van der Waals surface area (Å²) in [5.41, 5.74) is 0.595. The van der Waals surface area contributed by atoms with Crippen molar-refractivity contribution in [3.63, 3.8) is 0 Å². The van der Waals surface area contributed by atoms with Crippen molar-refractivity contribution in [2.24, 2.45) is 5.92 Å². The Bertz CT molecular complexity index is 412. The molecule has 0 aromatic heterocycles. The molecule has 0 heterocycles. The third kappa shape index (κ3) is 4.62. The molecule has 0 amide bonds. The Labute approximate surface area is 114 Å². The Hall–Kier alpha value is -1.14. The van der Waals surface area contributed by atoms with Crippen LogP contribution in [0.4, 0.5) is 11.4 Å². The summed E-state index contributed by atoms with van der Waals surface area (Å²) in [5.74, 6) is 0.357. The number of nitrogens with zero attached hydrogens (tertiary/aromatic N) is 1. The van der Waals surface area contributed by atoms with Crippen LogP contribution in [0.15, 0.2) is 22.7 Å². The van der Waals surface area contributed by atoms with Crippen molar-refractivity contribution >= 4 is 27.3 Å². The quantitative estimate of drug-likeness (QED) is 0.598. The van der Waals surface area contributed by atoms with Crippen LogP contribution >= 0.6 is 15.9 Å². The molecular formula is C12H17BrN2O3. The third-order valence-corrected chi connectivity index (χ3v) is 3.14. The van der Waals surface area contributed by atoms with Crippen LogP contribution in [-0.2, 0) is 0 Å². The third-order valence-electron chi connectivity index (χ3n) is 2.65. The molecule has 0 bridgehead atoms. The minimum Gasteiger partial charge on any atom is -0.396 e. The van der Waals surface area contributed by atoms with Crippen LogP contribution in [-0.4, -0.2) is 23.2 Å². The fraction of sp³-hybridized carbons (Fsp3) is 0.500. The summed E-state index contributed by atoms with van der Waals surface area (Å²) in [4.78, 5) is 10.5. The van der Waals surface area contributed by atoms with Gasteiger partial charge in [0.1, 0.15) is 5.69 Å². The van der Waals surface area contributed by atoms with Gasteiger partial charge in [0.05, 0.1) is 4.92 Å². The highest BCUT2D eigenvalue weighted by atomic mass is 79.9. The number of rotatable bonds is 7. The van der Waals surface area contributed by atoms with E-state index < -0.39 is 4.92 Å². The molecule has 0 saturated heterocycles. The minimum atomic E-state index is -0.396. The molecule has 0 spiro atoms. The predicted molar refractivity (Wildman–Crippen MR) is 74.8 cm³/mol. The van der Waals surface area contributed by atoms with Gasteiger partial charge in [0.2, 0.25) is 0 Å². The van der Waals surface area contributed by atoms with E-state index in [2.05, 4.69) is 21.2 Å². The van der Waals surface area contributed by atoms with Crippen molar-refractivity contribution in [2.75, 3.05) is 18.5 Å². The molecule has 0 saturated carbocycles. The van der Waals surface area contributed by atoms with Crippen LogP contribution in [0.25, 0.3) is 0 Å². The van der Waals surface area contributed by atoms with Crippen LogP contribution in [0.2, 0.25) is 0 Å². The number of nitro groups is 1. The lowest BCUT2D eigenvalue weighted by atomic mass is 10.1. The van der Waals surface area contributed by atoms with Gasteiger partial charge in [-0.05, 0) is 30.9 Å². The van der Waals surface area contributed by atoms with Gasteiger partial charge in [-0.25, -0.2) is 0 Å². The van der Waals surface area contributed by atoms with Gasteiger partial charge in [-0.1, -0.05) is 22.9 Å². The monoisotopic (exact) mass is 316 g/mol. The second kappa shape index (κ2) is 7.33. The zero-order chi connectivity index (χ0) is 13.5. The van der Waals surface area contributed by atoms with E-state index in [-0.39, 0.29) is 12.3 Å². The number of nitro benzene ring substituents is 1. The van der Waals surface area contributed by atoms with Gasteiger partial charge in [0.25, 0.3) is 5.69 Å². The van der Waals surface area contributed by atoms with Crippen molar-refractivity contribution in [1.29, 1.82) is 0 Å². The number of benzene rings is 1. The maximum atomic E-state index is 10.9. The molecule has 0 fully saturated rings. The fourth-order valence-electron chi connectivity index (χ4n) is 1.64. The molecule has 1 atom stereocenters. The molecule has 1 aromatic carbocycles. The average Bonchev–Trinajstić information content (AvgIpc) is 2.33. The second-order valence-electron chi connectivity index (χ2n) is 4.27. The Balaban J connectivity index is 2.65. The first-order valence-electron chi connectivity index (χ1n) is 5.83. The number of nitrogens with one attached hydrogen (secondary N) is 1. The highest BCUT2D eigenvalue weighted by Crippen LogP contribution is 2.28. The molecule has 100 valence electrons. The van der Waals surface area contributed by atoms with Crippen molar-refractivity contribution < 1.29 is 10.0 Å². The largest absolute Gasteiger partial charge is 0.396 e. The molecule has 0 radical (unpaired) electrons. The topological polar surface area (TPSA) is 75.4 Å². The summed E-state index contributed by atoms with van der Waals surface area (Å²) < 4.78 is 0.804. The molecule has 0 aliphatic heterocycles. The highest BCUT2D eigenvalue weighted by molar-refractivity contribution is 9.10. The van der Waals surface area contributed by atoms with Gasteiger partial charge in [0, 0.05) is 23.7 Å². The van der Waals surface area contributed by atoms with E-state index in [9.17, 15) is 10.1 Å². The molecule has 2 N–H and O–H groups in total. The number of hydrogen-bond donors (Lipinski definition) is 2. The zero-order valence-corrected chi connectivity index (χ0v) is 11.8. The van der Waals surface area contributed by atoms with Crippen molar-refractivity contribution in [3.05, 3.63) is 32.8 Å². The molecule has 1 unspecified atom stereocenters. The van der Waals surface area contributed by atoms with E-state index in [4.69, 9.17) is 5.11 Å². The summed E-state index contributed by atoms with van der Waals surface area (Å²) in [7, 11) is 0. The maximum absolute atomic E-state index is 10.9. The summed E-state index contributed by atoms with van der Waals surface area (Å²) in [6, 6.07) is 4.83. The van der Waals surface area contributed by atoms with Gasteiger partial charge < -0.3 is 10.4 Å². The van der Waals surface area contributed by atoms with Crippen LogP contribution < -0.4 is 5.32 Å². The van der Waals surface area contributed by atoms with E-state index >= 15 is 0 Å². The maximum Gasteiger partial charge on any atom is 0.292 e. The Morgan fingerprint density at radius 1 is 1.56 bits per heavy atom. The molecule has 0 aliphatic carbocycles. The van der Waals surface area contributed by atoms with Gasteiger partial charge in [-0.15, -0.1) is 0 Å². The first-order valence-corrected chi connectivity index (χ1v) is 6.62. The van der Waals surface area contributed by atoms with E-state index in [1.807, 2.05) is 6.92 Å². The molecule has 1 rings (SSSR count). The fourth-order valence-corrected chi connectivity index (χ4v) is 2.00. The van der Waals surface area contributed by atoms with Gasteiger partial charge in [-0.2, -0.15) is 0 Å². The zero-order valence-electron chi connectivity index (χ0n) is 10.2. The lowest BCUT2D eigenvalue weighted by Crippen LogP contribution is -2.12. The summed E-state index contributed by atoms with van der Waals surface area (Å²) in [6.07, 6.45) is 1.65. The van der Waals surface area contributed by atoms with Gasteiger partial charge in [-0.3, -0.25) is 10.1 Å². The first-order chi connectivity index (χ1) is 8.54. The number of anilines is 1. The second-order valence-corrected chi connectivity index (χ2v) is 5.19. The first kappa shape index (κ1) is 14.9. The highest BCUT2D eigenvalue weighted by Gasteiger charge is 2.14. The number of aliphatic hydroxyl groups is 1. The normalized spacial score (nSPS) is 12.2. The van der Waals surface area contributed by atoms with Crippen LogP contribution in [0.5, 0.6) is 0 Å². The minimum absolute atomic E-state index is 0.0764. The lowest BCUT2D eigenvalue weighted by molar-refractivity contribution is -0.384. The predicted octanol–water partition coefficient (Wildman–Crippen LogP) is 3.18. The standard InChI is InChI=1S/C12H17BrN2O3/c1-9(3-2-6-16)8-14-11-7-10(13)4-5-12(11)15(17)18/h4-5,7,9,14,16H,2-3,6,8H2,1H3. The number of hydrogen-bond acceptors (Lipinski definition) is 4. The SMILES string of the molecule is CC(CCCO)CNc1cc(Br)ccc1[N+](=O)[O-]. The summed E-state index contributed by atoms with van der Waals surface area (Å²) in [5, 5.41) is 22.7. The summed E-state index contributed by atoms with van der Waals surface area (Å²) >= 11 is 3.30. The molecule has 0 aliphatic rings. The Morgan fingerprint density at radius 3 is 2.89 bits per heavy atom. The number of aliphatic hydroxyl groups excluding tert-OH is 1. The van der Waals surface area contributed by atoms with Gasteiger partial charge in [0.15, 0.2) is 0 Å². The lowest BCUT2D eigenvalue weighted by Gasteiger charge is -2.13.